The average molecular weight is 1900 g/mol. The van der Waals surface area contributed by atoms with Gasteiger partial charge in [0.15, 0.2) is 29.5 Å². The maximum atomic E-state index is 13.9. The van der Waals surface area contributed by atoms with Crippen molar-refractivity contribution < 1.29 is 94.8 Å². The Balaban J connectivity index is 0.000000170. The summed E-state index contributed by atoms with van der Waals surface area (Å²) < 4.78 is 71.5. The number of sulfone groups is 3. The average Bonchev–Trinajstić information content (AvgIpc) is 1.42. The smallest absolute Gasteiger partial charge is 0.423 e. The molecule has 3 aliphatic heterocycles. The molecule has 125 heavy (non-hydrogen) atoms. The maximum absolute atomic E-state index is 13.9. The van der Waals surface area contributed by atoms with Crippen molar-refractivity contribution in [1.82, 2.24) is 31.1 Å². The molecule has 12 fully saturated rings. The molecule has 0 spiro atoms. The number of nitrogens with zero attached hydrogens (tertiary/aromatic N) is 3. The van der Waals surface area contributed by atoms with Gasteiger partial charge >= 0.3 is 7.12 Å². The van der Waals surface area contributed by atoms with E-state index in [1.165, 1.54) is 56.0 Å². The first-order valence-corrected chi connectivity index (χ1v) is 50.2. The van der Waals surface area contributed by atoms with Crippen LogP contribution in [0.4, 0.5) is 0 Å². The van der Waals surface area contributed by atoms with E-state index in [0.717, 1.165) is 68.0 Å². The van der Waals surface area contributed by atoms with Gasteiger partial charge in [0.25, 0.3) is 0 Å². The van der Waals surface area contributed by atoms with Gasteiger partial charge in [-0.25, -0.2) is 25.3 Å². The summed E-state index contributed by atoms with van der Waals surface area (Å²) in [5, 5.41) is 94.2. The van der Waals surface area contributed by atoms with Crippen molar-refractivity contribution in [2.24, 2.45) is 87.3 Å². The Labute approximate surface area is 753 Å². The molecule has 6 aromatic carbocycles. The highest BCUT2D eigenvalue weighted by Gasteiger charge is 2.61. The lowest BCUT2D eigenvalue weighted by atomic mass is 9.45. The Morgan fingerprint density at radius 2 is 0.704 bits per heavy atom. The van der Waals surface area contributed by atoms with Gasteiger partial charge in [0.2, 0.25) is 17.7 Å². The van der Waals surface area contributed by atoms with Gasteiger partial charge in [0.1, 0.15) is 36.4 Å². The van der Waals surface area contributed by atoms with Gasteiger partial charge in [-0.3, -0.25) is 28.9 Å². The van der Waals surface area contributed by atoms with Crippen molar-refractivity contribution >= 4 is 82.4 Å². The van der Waals surface area contributed by atoms with E-state index in [1.807, 2.05) is 78.9 Å². The van der Waals surface area contributed by atoms with E-state index < -0.39 is 109 Å². The Morgan fingerprint density at radius 3 is 0.968 bits per heavy atom. The highest BCUT2D eigenvalue weighted by Crippen LogP contribution is 2.64. The number of nitrogens with one attached hydrogen (secondary N) is 3. The molecule has 26 nitrogen and oxygen atoms in total. The predicted molar refractivity (Wildman–Crippen MR) is 488 cm³/mol. The first-order valence-electron chi connectivity index (χ1n) is 43.4. The SMILES string of the molecule is C.CS(=O)(=O)c1cccc(B(O)O)c1.C[C@@H]1[C@@H](NC(=O)[C@@H]2[C@H]([C@H](C)O)[C@H](CO)ON2Cc2cccc(-c3cccc(S(C)(=O)=O)c3)c2)C[C@H]2C[C@@H]1C2(C)C.C[C@@H]1[C@@H](NC(=O)[C@@H]2[C@H]([C@H](C)O)[C@H](CO)ON2Cc2cccc(-c3cccc(S(C)(=O)=O)c3)c2)C[C@H]2C[C@@H]1C2(C)C.C[C@@H]1[C@@H](NC(=O)[C@@H]2[C@H]([C@H](C)O)[C@H](CO)ON2Cc2cccc(I)c2)C[C@H]2C[C@@H]1C2(C)C. The van der Waals surface area contributed by atoms with Crippen LogP contribution in [0.5, 0.6) is 0 Å². The topological polar surface area (TPSA) is 389 Å². The third-order valence-electron chi connectivity index (χ3n) is 29.7. The third-order valence-corrected chi connectivity index (χ3v) is 33.7. The Kier molecular flexibility index (Phi) is 31.7. The number of fused-ring (bicyclic) bond motifs is 6. The van der Waals surface area contributed by atoms with Gasteiger partial charge in [0.05, 0.1) is 72.5 Å². The van der Waals surface area contributed by atoms with E-state index in [9.17, 15) is 70.3 Å². The van der Waals surface area contributed by atoms with Crippen molar-refractivity contribution in [1.29, 1.82) is 0 Å². The molecule has 12 aliphatic rings. The molecule has 6 bridgehead atoms. The van der Waals surface area contributed by atoms with Crippen LogP contribution in [0, 0.1) is 90.8 Å². The van der Waals surface area contributed by atoms with Gasteiger partial charge in [-0.1, -0.05) is 155 Å². The van der Waals surface area contributed by atoms with E-state index in [1.54, 1.807) is 72.4 Å². The Bertz CT molecular complexity index is 4930. The molecule has 3 saturated heterocycles. The van der Waals surface area contributed by atoms with Crippen LogP contribution in [0.2, 0.25) is 0 Å². The van der Waals surface area contributed by atoms with Gasteiger partial charge in [-0.2, -0.15) is 15.2 Å². The van der Waals surface area contributed by atoms with E-state index >= 15 is 0 Å². The van der Waals surface area contributed by atoms with Crippen LogP contribution in [-0.4, -0.2) is 217 Å². The van der Waals surface area contributed by atoms with Crippen molar-refractivity contribution in [3.05, 3.63) is 166 Å². The second-order valence-electron chi connectivity index (χ2n) is 38.6. The molecule has 9 saturated carbocycles. The molecule has 0 unspecified atom stereocenters. The maximum Gasteiger partial charge on any atom is 0.488 e. The first-order chi connectivity index (χ1) is 58.1. The van der Waals surface area contributed by atoms with Crippen molar-refractivity contribution in [2.45, 2.75) is 236 Å². The summed E-state index contributed by atoms with van der Waals surface area (Å²) >= 11 is 2.27. The fourth-order valence-electron chi connectivity index (χ4n) is 22.0. The molecule has 686 valence electrons. The largest absolute Gasteiger partial charge is 0.488 e. The van der Waals surface area contributed by atoms with Crippen molar-refractivity contribution in [3.8, 4) is 22.3 Å². The van der Waals surface area contributed by atoms with E-state index in [4.69, 9.17) is 24.6 Å². The summed E-state index contributed by atoms with van der Waals surface area (Å²) in [6, 6.07) is 40.6. The molecule has 0 radical (unpaired) electrons. The van der Waals surface area contributed by atoms with Crippen LogP contribution in [0.3, 0.4) is 0 Å². The van der Waals surface area contributed by atoms with E-state index in [2.05, 4.69) is 107 Å². The summed E-state index contributed by atoms with van der Waals surface area (Å²) in [6.45, 7) is 25.7. The zero-order valence-corrected chi connectivity index (χ0v) is 78.3. The number of benzene rings is 6. The fraction of sp³-hybridized carbons (Fsp3) is 0.585. The highest BCUT2D eigenvalue weighted by atomic mass is 127. The number of carbonyl (C=O) groups excluding carboxylic acids is 3. The Morgan fingerprint density at radius 1 is 0.432 bits per heavy atom. The molecule has 11 N–H and O–H groups in total. The number of aliphatic hydroxyl groups is 6. The van der Waals surface area contributed by atoms with Crippen LogP contribution in [0.15, 0.2) is 160 Å². The number of amides is 3. The van der Waals surface area contributed by atoms with Crippen LogP contribution in [0.25, 0.3) is 22.3 Å². The minimum Gasteiger partial charge on any atom is -0.423 e. The number of rotatable bonds is 24. The zero-order valence-electron chi connectivity index (χ0n) is 73.7. The third kappa shape index (κ3) is 21.7. The molecule has 31 heteroatoms. The normalized spacial score (nSPS) is 31.2. The van der Waals surface area contributed by atoms with E-state index in [0.29, 0.717) is 76.1 Å². The molecule has 3 heterocycles. The van der Waals surface area contributed by atoms with Gasteiger partial charge < -0.3 is 56.6 Å². The summed E-state index contributed by atoms with van der Waals surface area (Å²) in [6.07, 6.45) is 5.51. The standard InChI is InChI=1S/2C31H42N2O6S.C24H35IN2O4.C7H9BO4S.CH4/c2*1-18-25-14-23(31(25,3)4)15-26(18)32-30(36)29-28(19(2)35)27(17-34)39-33(29)16-20-8-6-9-21(12-20)22-10-7-11-24(13-22)40(5,37)38;1-13-18-9-16(24(18,3)4)10-19(13)26-23(30)22-21(14(2)29)20(12-28)31-27(22)11-15-6-5-7-17(25)8-15;1-13(11,12)7-4-2-3-6(5-7)8(9)10;/h2*6-13,18-19,23,25-29,34-35H,14-17H2,1-5H3,(H,32,36);5-8,13-14,16,18-22,28-29H,9-12H2,1-4H3,(H,26,30);2-5,9-10H,1H3;1H4/t2*18-,19-,23+,25-,26-,27-,28+,29-;13-,14-,16+,18-,19-,20-,21+,22-;;/m000../s1. The second-order valence-corrected chi connectivity index (χ2v) is 45.8. The molecule has 9 aliphatic carbocycles. The van der Waals surface area contributed by atoms with Crippen molar-refractivity contribution in [3.63, 3.8) is 0 Å². The van der Waals surface area contributed by atoms with Crippen LogP contribution in [0.1, 0.15) is 146 Å². The van der Waals surface area contributed by atoms with Crippen molar-refractivity contribution in [2.75, 3.05) is 38.6 Å². The predicted octanol–water partition coefficient (Wildman–Crippen LogP) is 9.19. The van der Waals surface area contributed by atoms with Gasteiger partial charge in [-0.05, 0) is 256 Å². The zero-order chi connectivity index (χ0) is 90.5. The van der Waals surface area contributed by atoms with Crippen LogP contribution < -0.4 is 21.4 Å². The minimum atomic E-state index is -3.35. The monoisotopic (exact) mass is 1900 g/mol. The first kappa shape index (κ1) is 99.4. The molecular formula is C94H132BIN6O20S3. The molecule has 3 amide bonds. The number of halogens is 1. The number of hydrogen-bond acceptors (Lipinski definition) is 23. The van der Waals surface area contributed by atoms with E-state index in [-0.39, 0.29) is 96.3 Å². The fourth-order valence-corrected chi connectivity index (χ4v) is 24.7. The number of hydroxylamine groups is 6. The number of hydrogen-bond donors (Lipinski definition) is 11. The number of aliphatic hydroxyl groups excluding tert-OH is 6. The lowest BCUT2D eigenvalue weighted by Gasteiger charge is -2.62. The summed E-state index contributed by atoms with van der Waals surface area (Å²) in [5.41, 5.74) is 7.10. The number of carbonyl (C=O) groups is 3. The van der Waals surface area contributed by atoms with Gasteiger partial charge in [-0.15, -0.1) is 0 Å². The minimum absolute atomic E-state index is 0. The molecule has 18 rings (SSSR count). The molecular weight excluding hydrogens is 1770 g/mol. The molecule has 0 aromatic heterocycles. The Hall–Kier alpha value is -6.19. The summed E-state index contributed by atoms with van der Waals surface area (Å²) in [4.78, 5) is 60.0. The second kappa shape index (κ2) is 39.9. The lowest BCUT2D eigenvalue weighted by Crippen LogP contribution is -2.62. The highest BCUT2D eigenvalue weighted by molar-refractivity contribution is 14.1. The van der Waals surface area contributed by atoms with Crippen LogP contribution >= 0.6 is 22.6 Å². The molecule has 24 atom stereocenters. The quantitative estimate of drug-likeness (QED) is 0.0198. The summed E-state index contributed by atoms with van der Waals surface area (Å²) in [5.74, 6) is 2.62. The van der Waals surface area contributed by atoms with Gasteiger partial charge in [0, 0.05) is 58.2 Å². The van der Waals surface area contributed by atoms with Crippen LogP contribution in [-0.2, 0) is 78.0 Å². The summed E-state index contributed by atoms with van der Waals surface area (Å²) in [7, 11) is -11.6. The lowest BCUT2D eigenvalue weighted by molar-refractivity contribution is -0.183. The molecule has 6 aromatic rings.